The number of carbonyl (C=O) groups excluding carboxylic acids is 1. The molecule has 144 valence electrons. The minimum absolute atomic E-state index is 0.106. The second-order valence-electron chi connectivity index (χ2n) is 7.14. The number of ether oxygens (including phenoxy) is 1. The van der Waals surface area contributed by atoms with Crippen LogP contribution < -0.4 is 10.1 Å². The molecule has 2 fully saturated rings. The number of aromatic nitrogens is 2. The van der Waals surface area contributed by atoms with Crippen LogP contribution in [0.25, 0.3) is 0 Å². The lowest BCUT2D eigenvalue weighted by Gasteiger charge is -2.12. The Hall–Kier alpha value is -2.35. The Morgan fingerprint density at radius 3 is 2.59 bits per heavy atom. The largest absolute Gasteiger partial charge is 0.494 e. The number of sulfone groups is 1. The second kappa shape index (κ2) is 6.99. The van der Waals surface area contributed by atoms with E-state index >= 15 is 0 Å². The summed E-state index contributed by atoms with van der Waals surface area (Å²) in [7, 11) is -3.01. The number of benzene rings is 1. The van der Waals surface area contributed by atoms with E-state index in [0.29, 0.717) is 30.3 Å². The van der Waals surface area contributed by atoms with Gasteiger partial charge in [0.15, 0.2) is 15.5 Å². The van der Waals surface area contributed by atoms with E-state index in [1.807, 2.05) is 13.0 Å². The van der Waals surface area contributed by atoms with Crippen LogP contribution >= 0.6 is 0 Å². The number of amides is 1. The predicted molar refractivity (Wildman–Crippen MR) is 102 cm³/mol. The predicted octanol–water partition coefficient (Wildman–Crippen LogP) is 2.77. The molecule has 2 aromatic rings. The molecular formula is C19H23N3O4S. The lowest BCUT2D eigenvalue weighted by atomic mass is 10.2. The molecule has 1 saturated carbocycles. The van der Waals surface area contributed by atoms with Crippen LogP contribution in [0.4, 0.5) is 5.69 Å². The number of hydrogen-bond acceptors (Lipinski definition) is 5. The van der Waals surface area contributed by atoms with E-state index in [4.69, 9.17) is 4.74 Å². The third-order valence-electron chi connectivity index (χ3n) is 4.97. The minimum Gasteiger partial charge on any atom is -0.494 e. The molecule has 1 N–H and O–H groups in total. The fraction of sp³-hybridized carbons (Fsp3) is 0.474. The Kier molecular flexibility index (Phi) is 4.67. The summed E-state index contributed by atoms with van der Waals surface area (Å²) in [4.78, 5) is 12.6. The van der Waals surface area contributed by atoms with Gasteiger partial charge in [0.2, 0.25) is 0 Å². The number of nitrogens with zero attached hydrogens (tertiary/aromatic N) is 2. The molecule has 1 atom stereocenters. The summed E-state index contributed by atoms with van der Waals surface area (Å²) in [5.41, 5.74) is 1.97. The van der Waals surface area contributed by atoms with Crippen molar-refractivity contribution in [2.45, 2.75) is 38.1 Å². The molecule has 1 amide bonds. The number of rotatable bonds is 6. The van der Waals surface area contributed by atoms with Gasteiger partial charge in [-0.3, -0.25) is 9.48 Å². The minimum atomic E-state index is -3.01. The maximum Gasteiger partial charge on any atom is 0.276 e. The SMILES string of the molecule is CCOc1ccc(NC(=O)c2cc(C3CC3)n(C3CCS(=O)(=O)C3)n2)cc1. The summed E-state index contributed by atoms with van der Waals surface area (Å²) < 4.78 is 30.9. The molecule has 1 aliphatic heterocycles. The van der Waals surface area contributed by atoms with Crippen LogP contribution in [0.5, 0.6) is 5.75 Å². The molecule has 2 aliphatic rings. The molecule has 4 rings (SSSR count). The third kappa shape index (κ3) is 4.00. The zero-order valence-electron chi connectivity index (χ0n) is 15.2. The van der Waals surface area contributed by atoms with Crippen molar-refractivity contribution in [3.8, 4) is 5.75 Å². The van der Waals surface area contributed by atoms with Crippen molar-refractivity contribution in [2.24, 2.45) is 0 Å². The Morgan fingerprint density at radius 2 is 2.00 bits per heavy atom. The van der Waals surface area contributed by atoms with Crippen molar-refractivity contribution >= 4 is 21.4 Å². The quantitative estimate of drug-likeness (QED) is 0.820. The highest BCUT2D eigenvalue weighted by molar-refractivity contribution is 7.91. The highest BCUT2D eigenvalue weighted by Crippen LogP contribution is 2.42. The average molecular weight is 389 g/mol. The Bertz CT molecular complexity index is 946. The lowest BCUT2D eigenvalue weighted by molar-refractivity contribution is 0.102. The van der Waals surface area contributed by atoms with Crippen LogP contribution in [0.2, 0.25) is 0 Å². The van der Waals surface area contributed by atoms with Gasteiger partial charge >= 0.3 is 0 Å². The van der Waals surface area contributed by atoms with Crippen molar-refractivity contribution in [3.05, 3.63) is 41.7 Å². The molecule has 7 nitrogen and oxygen atoms in total. The third-order valence-corrected chi connectivity index (χ3v) is 6.72. The molecule has 0 spiro atoms. The van der Waals surface area contributed by atoms with Gasteiger partial charge in [-0.05, 0) is 56.5 Å². The number of hydrogen-bond donors (Lipinski definition) is 1. The molecule has 0 bridgehead atoms. The maximum atomic E-state index is 12.6. The fourth-order valence-corrected chi connectivity index (χ4v) is 5.15. The summed E-state index contributed by atoms with van der Waals surface area (Å²) in [6.07, 6.45) is 2.68. The fourth-order valence-electron chi connectivity index (χ4n) is 3.46. The molecule has 1 aromatic carbocycles. The lowest BCUT2D eigenvalue weighted by Crippen LogP contribution is -2.17. The van der Waals surface area contributed by atoms with Crippen LogP contribution in [0.3, 0.4) is 0 Å². The smallest absolute Gasteiger partial charge is 0.276 e. The van der Waals surface area contributed by atoms with Crippen molar-refractivity contribution in [2.75, 3.05) is 23.4 Å². The van der Waals surface area contributed by atoms with Crippen molar-refractivity contribution in [3.63, 3.8) is 0 Å². The standard InChI is InChI=1S/C19H23N3O4S/c1-2-26-16-7-5-14(6-8-16)20-19(23)17-11-18(13-3-4-13)22(21-17)15-9-10-27(24,25)12-15/h5-8,11,13,15H,2-4,9-10,12H2,1H3,(H,20,23). The zero-order valence-corrected chi connectivity index (χ0v) is 16.0. The van der Waals surface area contributed by atoms with Crippen molar-refractivity contribution < 1.29 is 17.9 Å². The van der Waals surface area contributed by atoms with E-state index < -0.39 is 9.84 Å². The molecule has 27 heavy (non-hydrogen) atoms. The van der Waals surface area contributed by atoms with Gasteiger partial charge in [0.1, 0.15) is 5.75 Å². The first-order valence-corrected chi connectivity index (χ1v) is 11.1. The first-order valence-electron chi connectivity index (χ1n) is 9.29. The van der Waals surface area contributed by atoms with Crippen LogP contribution in [-0.2, 0) is 9.84 Å². The first kappa shape index (κ1) is 18.0. The molecule has 1 saturated heterocycles. The van der Waals surface area contributed by atoms with Gasteiger partial charge in [-0.2, -0.15) is 5.10 Å². The summed E-state index contributed by atoms with van der Waals surface area (Å²) in [5.74, 6) is 1.13. The molecule has 1 aliphatic carbocycles. The van der Waals surface area contributed by atoms with E-state index in [2.05, 4.69) is 10.4 Å². The Balaban J connectivity index is 1.53. The van der Waals surface area contributed by atoms with Crippen molar-refractivity contribution in [1.29, 1.82) is 0 Å². The van der Waals surface area contributed by atoms with Gasteiger partial charge in [-0.15, -0.1) is 0 Å². The van der Waals surface area contributed by atoms with E-state index in [1.54, 1.807) is 28.9 Å². The molecular weight excluding hydrogens is 366 g/mol. The highest BCUT2D eigenvalue weighted by atomic mass is 32.2. The monoisotopic (exact) mass is 389 g/mol. The van der Waals surface area contributed by atoms with Crippen LogP contribution in [0.1, 0.15) is 54.3 Å². The van der Waals surface area contributed by atoms with Gasteiger partial charge in [0, 0.05) is 17.3 Å². The van der Waals surface area contributed by atoms with E-state index in [1.165, 1.54) is 0 Å². The van der Waals surface area contributed by atoms with Crippen LogP contribution in [-0.4, -0.2) is 42.2 Å². The number of carbonyl (C=O) groups is 1. The highest BCUT2D eigenvalue weighted by Gasteiger charge is 2.36. The number of nitrogens with one attached hydrogen (secondary N) is 1. The Morgan fingerprint density at radius 1 is 1.26 bits per heavy atom. The molecule has 0 radical (unpaired) electrons. The second-order valence-corrected chi connectivity index (χ2v) is 9.37. The van der Waals surface area contributed by atoms with E-state index in [9.17, 15) is 13.2 Å². The van der Waals surface area contributed by atoms with Crippen LogP contribution in [0.15, 0.2) is 30.3 Å². The molecule has 2 heterocycles. The van der Waals surface area contributed by atoms with Crippen molar-refractivity contribution in [1.82, 2.24) is 9.78 Å². The van der Waals surface area contributed by atoms with Gasteiger partial charge in [0.05, 0.1) is 24.2 Å². The average Bonchev–Trinajstić information content (AvgIpc) is 3.28. The maximum absolute atomic E-state index is 12.6. The molecule has 1 unspecified atom stereocenters. The van der Waals surface area contributed by atoms with Gasteiger partial charge in [-0.1, -0.05) is 0 Å². The number of anilines is 1. The Labute approximate surface area is 158 Å². The van der Waals surface area contributed by atoms with Gasteiger partial charge < -0.3 is 10.1 Å². The van der Waals surface area contributed by atoms with E-state index in [-0.39, 0.29) is 23.5 Å². The normalized spacial score (nSPS) is 21.1. The molecule has 8 heteroatoms. The summed E-state index contributed by atoms with van der Waals surface area (Å²) in [6.45, 7) is 2.50. The first-order chi connectivity index (χ1) is 12.9. The summed E-state index contributed by atoms with van der Waals surface area (Å²) >= 11 is 0. The topological polar surface area (TPSA) is 90.3 Å². The molecule has 1 aromatic heterocycles. The van der Waals surface area contributed by atoms with Gasteiger partial charge in [0.25, 0.3) is 5.91 Å². The van der Waals surface area contributed by atoms with Crippen LogP contribution in [0, 0.1) is 0 Å². The zero-order chi connectivity index (χ0) is 19.0. The van der Waals surface area contributed by atoms with E-state index in [0.717, 1.165) is 24.3 Å². The van der Waals surface area contributed by atoms with Gasteiger partial charge in [-0.25, -0.2) is 8.42 Å². The summed E-state index contributed by atoms with van der Waals surface area (Å²) in [6, 6.07) is 8.81. The summed E-state index contributed by atoms with van der Waals surface area (Å²) in [5, 5.41) is 7.32.